The van der Waals surface area contributed by atoms with Gasteiger partial charge in [-0.25, -0.2) is 9.48 Å². The first-order valence-electron chi connectivity index (χ1n) is 7.68. The molecule has 2 aromatic rings. The third-order valence-corrected chi connectivity index (χ3v) is 3.98. The van der Waals surface area contributed by atoms with Gasteiger partial charge in [-0.3, -0.25) is 0 Å². The van der Waals surface area contributed by atoms with Gasteiger partial charge in [0.2, 0.25) is 0 Å². The topological polar surface area (TPSA) is 79.4 Å². The minimum atomic E-state index is -0.744. The summed E-state index contributed by atoms with van der Waals surface area (Å²) in [6.07, 6.45) is 4.74. The van der Waals surface area contributed by atoms with Crippen molar-refractivity contribution in [2.75, 3.05) is 6.61 Å². The highest BCUT2D eigenvalue weighted by Crippen LogP contribution is 2.28. The third kappa shape index (κ3) is 3.06. The number of aromatic nitrogens is 2. The number of carbonyl (C=O) groups excluding carboxylic acids is 1. The van der Waals surface area contributed by atoms with Crippen molar-refractivity contribution in [1.29, 1.82) is 0 Å². The van der Waals surface area contributed by atoms with E-state index in [1.165, 1.54) is 0 Å². The van der Waals surface area contributed by atoms with Crippen LogP contribution in [0.2, 0.25) is 0 Å². The van der Waals surface area contributed by atoms with Crippen LogP contribution < -0.4 is 5.73 Å². The van der Waals surface area contributed by atoms with Crippen molar-refractivity contribution in [1.82, 2.24) is 9.78 Å². The predicted octanol–water partition coefficient (Wildman–Crippen LogP) is 2.76. The second-order valence-electron chi connectivity index (χ2n) is 5.71. The lowest BCUT2D eigenvalue weighted by atomic mass is 10.0. The van der Waals surface area contributed by atoms with Crippen LogP contribution in [0.3, 0.4) is 0 Å². The van der Waals surface area contributed by atoms with Crippen molar-refractivity contribution in [3.63, 3.8) is 0 Å². The molecule has 118 valence electrons. The number of carbonyl (C=O) groups is 1. The van der Waals surface area contributed by atoms with Crippen LogP contribution in [0.15, 0.2) is 24.4 Å². The summed E-state index contributed by atoms with van der Waals surface area (Å²) < 4.78 is 12.8. The van der Waals surface area contributed by atoms with Gasteiger partial charge >= 0.3 is 6.09 Å². The number of hydrogen-bond acceptors (Lipinski definition) is 4. The number of fused-ring (bicyclic) bond motifs is 1. The fourth-order valence-corrected chi connectivity index (χ4v) is 3.00. The van der Waals surface area contributed by atoms with Crippen LogP contribution in [0.5, 0.6) is 0 Å². The molecule has 1 aromatic carbocycles. The molecule has 2 heterocycles. The zero-order valence-corrected chi connectivity index (χ0v) is 12.7. The smallest absolute Gasteiger partial charge is 0.404 e. The molecule has 1 aromatic heterocycles. The minimum absolute atomic E-state index is 0.0146. The molecule has 22 heavy (non-hydrogen) atoms. The molecular weight excluding hydrogens is 282 g/mol. The van der Waals surface area contributed by atoms with Gasteiger partial charge < -0.3 is 15.2 Å². The van der Waals surface area contributed by atoms with Crippen LogP contribution in [0.1, 0.15) is 38.0 Å². The first-order valence-corrected chi connectivity index (χ1v) is 7.68. The Morgan fingerprint density at radius 3 is 3.14 bits per heavy atom. The summed E-state index contributed by atoms with van der Waals surface area (Å²) >= 11 is 0. The second kappa shape index (κ2) is 6.36. The van der Waals surface area contributed by atoms with E-state index in [0.717, 1.165) is 42.3 Å². The van der Waals surface area contributed by atoms with Crippen LogP contribution in [0.25, 0.3) is 10.9 Å². The summed E-state index contributed by atoms with van der Waals surface area (Å²) in [5.41, 5.74) is 7.21. The van der Waals surface area contributed by atoms with Crippen molar-refractivity contribution in [2.45, 2.75) is 44.9 Å². The molecule has 1 aliphatic heterocycles. The van der Waals surface area contributed by atoms with Gasteiger partial charge in [0.15, 0.2) is 6.23 Å². The normalized spacial score (nSPS) is 20.0. The molecule has 1 amide bonds. The average molecular weight is 303 g/mol. The molecule has 1 fully saturated rings. The highest BCUT2D eigenvalue weighted by molar-refractivity contribution is 5.82. The molecule has 6 heteroatoms. The van der Waals surface area contributed by atoms with Gasteiger partial charge in [0, 0.05) is 18.4 Å². The molecular formula is C16H21N3O3. The molecule has 0 aliphatic carbocycles. The molecule has 6 nitrogen and oxygen atoms in total. The van der Waals surface area contributed by atoms with E-state index >= 15 is 0 Å². The van der Waals surface area contributed by atoms with Crippen LogP contribution in [-0.4, -0.2) is 28.6 Å². The maximum absolute atomic E-state index is 10.8. The Morgan fingerprint density at radius 2 is 2.41 bits per heavy atom. The van der Waals surface area contributed by atoms with Crippen molar-refractivity contribution >= 4 is 17.0 Å². The highest BCUT2D eigenvalue weighted by Gasteiger charge is 2.19. The fraction of sp³-hybridized carbons (Fsp3) is 0.500. The number of hydrogen-bond donors (Lipinski definition) is 1. The Kier molecular flexibility index (Phi) is 4.29. The molecule has 0 spiro atoms. The molecule has 0 saturated carbocycles. The zero-order chi connectivity index (χ0) is 15.5. The van der Waals surface area contributed by atoms with Crippen LogP contribution in [0.4, 0.5) is 4.79 Å². The van der Waals surface area contributed by atoms with Crippen LogP contribution in [0, 0.1) is 0 Å². The monoisotopic (exact) mass is 303 g/mol. The van der Waals surface area contributed by atoms with E-state index < -0.39 is 6.09 Å². The Balaban J connectivity index is 1.86. The number of ether oxygens (including phenoxy) is 2. The van der Waals surface area contributed by atoms with E-state index in [9.17, 15) is 4.79 Å². The van der Waals surface area contributed by atoms with Crippen molar-refractivity contribution in [3.05, 3.63) is 30.0 Å². The van der Waals surface area contributed by atoms with Gasteiger partial charge in [-0.1, -0.05) is 12.1 Å². The fourth-order valence-electron chi connectivity index (χ4n) is 3.00. The molecule has 1 aliphatic rings. The number of nitrogens with two attached hydrogens (primary N) is 1. The minimum Gasteiger partial charge on any atom is -0.446 e. The van der Waals surface area contributed by atoms with Crippen LogP contribution in [-0.2, 0) is 15.9 Å². The van der Waals surface area contributed by atoms with Gasteiger partial charge in [-0.2, -0.15) is 5.10 Å². The van der Waals surface area contributed by atoms with Crippen molar-refractivity contribution in [2.24, 2.45) is 5.73 Å². The second-order valence-corrected chi connectivity index (χ2v) is 5.71. The summed E-state index contributed by atoms with van der Waals surface area (Å²) in [7, 11) is 0. The lowest BCUT2D eigenvalue weighted by molar-refractivity contribution is -0.0366. The number of rotatable bonds is 4. The number of nitrogens with zero attached hydrogens (tertiary/aromatic N) is 2. The maximum atomic E-state index is 10.8. The Morgan fingerprint density at radius 1 is 1.55 bits per heavy atom. The molecule has 0 radical (unpaired) electrons. The Hall–Kier alpha value is -2.08. The average Bonchev–Trinajstić information content (AvgIpc) is 2.92. The van der Waals surface area contributed by atoms with Crippen molar-refractivity contribution in [3.8, 4) is 0 Å². The quantitative estimate of drug-likeness (QED) is 0.942. The predicted molar refractivity (Wildman–Crippen MR) is 82.4 cm³/mol. The SMILES string of the molecule is CC(Cc1cccc2c1cnn2C1CCCCO1)OC(N)=O. The van der Waals surface area contributed by atoms with Gasteiger partial charge in [0.1, 0.15) is 6.10 Å². The molecule has 2 N–H and O–H groups in total. The Labute approximate surface area is 129 Å². The van der Waals surface area contributed by atoms with Gasteiger partial charge in [0.25, 0.3) is 0 Å². The lowest BCUT2D eigenvalue weighted by Crippen LogP contribution is -2.22. The van der Waals surface area contributed by atoms with Gasteiger partial charge in [-0.15, -0.1) is 0 Å². The summed E-state index contributed by atoms with van der Waals surface area (Å²) in [5.74, 6) is 0. The molecule has 0 bridgehead atoms. The molecule has 2 unspecified atom stereocenters. The lowest BCUT2D eigenvalue weighted by Gasteiger charge is -2.23. The van der Waals surface area contributed by atoms with E-state index in [4.69, 9.17) is 15.2 Å². The van der Waals surface area contributed by atoms with E-state index in [-0.39, 0.29) is 12.3 Å². The summed E-state index contributed by atoms with van der Waals surface area (Å²) in [6, 6.07) is 6.07. The summed E-state index contributed by atoms with van der Waals surface area (Å²) in [4.78, 5) is 10.8. The first-order chi connectivity index (χ1) is 10.6. The van der Waals surface area contributed by atoms with Crippen molar-refractivity contribution < 1.29 is 14.3 Å². The van der Waals surface area contributed by atoms with E-state index in [1.807, 2.05) is 36.0 Å². The molecule has 1 saturated heterocycles. The van der Waals surface area contributed by atoms with E-state index in [1.54, 1.807) is 0 Å². The van der Waals surface area contributed by atoms with Crippen LogP contribution >= 0.6 is 0 Å². The summed E-state index contributed by atoms with van der Waals surface area (Å²) in [6.45, 7) is 2.62. The number of benzene rings is 1. The zero-order valence-electron chi connectivity index (χ0n) is 12.7. The third-order valence-electron chi connectivity index (χ3n) is 3.98. The standard InChI is InChI=1S/C16H21N3O3/c1-11(22-16(17)20)9-12-5-4-6-14-13(12)10-18-19(14)15-7-2-3-8-21-15/h4-6,10-11,15H,2-3,7-9H2,1H3,(H2,17,20). The van der Waals surface area contributed by atoms with E-state index in [0.29, 0.717) is 6.42 Å². The maximum Gasteiger partial charge on any atom is 0.404 e. The van der Waals surface area contributed by atoms with E-state index in [2.05, 4.69) is 5.10 Å². The number of amides is 1. The molecule has 2 atom stereocenters. The first kappa shape index (κ1) is 14.8. The van der Waals surface area contributed by atoms with Gasteiger partial charge in [-0.05, 0) is 37.8 Å². The van der Waals surface area contributed by atoms with Gasteiger partial charge in [0.05, 0.1) is 11.7 Å². The highest BCUT2D eigenvalue weighted by atomic mass is 16.6. The molecule has 3 rings (SSSR count). The largest absolute Gasteiger partial charge is 0.446 e. The Bertz CT molecular complexity index is 662. The summed E-state index contributed by atoms with van der Waals surface area (Å²) in [5, 5.41) is 5.57. The number of primary amides is 1.